The van der Waals surface area contributed by atoms with Gasteiger partial charge >= 0.3 is 5.97 Å². The Bertz CT molecular complexity index is 648. The maximum Gasteiger partial charge on any atom is 0.315 e. The van der Waals surface area contributed by atoms with E-state index in [9.17, 15) is 9.90 Å². The van der Waals surface area contributed by atoms with E-state index in [0.717, 1.165) is 44.1 Å². The average molecular weight is 531 g/mol. The van der Waals surface area contributed by atoms with E-state index < -0.39 is 11.5 Å². The van der Waals surface area contributed by atoms with Crippen LogP contribution in [0.5, 0.6) is 0 Å². The summed E-state index contributed by atoms with van der Waals surface area (Å²) in [4.78, 5) is 13.5. The summed E-state index contributed by atoms with van der Waals surface area (Å²) in [6.07, 6.45) is 25.7. The third-order valence-electron chi connectivity index (χ3n) is 8.23. The Morgan fingerprint density at radius 2 is 1.03 bits per heavy atom. The minimum Gasteiger partial charge on any atom is -0.465 e. The molecule has 0 saturated carbocycles. The van der Waals surface area contributed by atoms with Crippen LogP contribution in [-0.4, -0.2) is 17.7 Å². The minimum atomic E-state index is -0.845. The Kier molecular flexibility index (Phi) is 21.5. The second-order valence-corrected chi connectivity index (χ2v) is 11.6. The number of unbranched alkanes of at least 4 members (excludes halogenated alkanes) is 17. The SMILES string of the molecule is CCCCCCCCCCCCCCCCCCOC(=O)C(CCCC)(CCCC)C(O)c1ccccc1. The van der Waals surface area contributed by atoms with Gasteiger partial charge in [-0.2, -0.15) is 0 Å². The van der Waals surface area contributed by atoms with E-state index in [2.05, 4.69) is 20.8 Å². The fourth-order valence-corrected chi connectivity index (χ4v) is 5.61. The van der Waals surface area contributed by atoms with Crippen LogP contribution in [0.2, 0.25) is 0 Å². The number of esters is 1. The highest BCUT2D eigenvalue weighted by molar-refractivity contribution is 5.78. The van der Waals surface area contributed by atoms with Gasteiger partial charge in [0.1, 0.15) is 0 Å². The summed E-state index contributed by atoms with van der Waals surface area (Å²) in [5.41, 5.74) is -0.0262. The highest BCUT2D eigenvalue weighted by Gasteiger charge is 2.46. The molecule has 0 saturated heterocycles. The standard InChI is InChI=1S/C35H62O3/c1-4-7-10-11-12-13-14-15-16-17-18-19-20-21-22-26-31-38-34(37)35(29-8-5-2,30-9-6-3)33(36)32-27-24-23-25-28-32/h23-25,27-28,33,36H,4-22,26,29-31H2,1-3H3. The van der Waals surface area contributed by atoms with Crippen molar-refractivity contribution < 1.29 is 14.6 Å². The second-order valence-electron chi connectivity index (χ2n) is 11.6. The van der Waals surface area contributed by atoms with Crippen molar-refractivity contribution in [3.63, 3.8) is 0 Å². The van der Waals surface area contributed by atoms with Crippen LogP contribution in [0, 0.1) is 5.41 Å². The molecule has 3 heteroatoms. The first-order chi connectivity index (χ1) is 18.6. The monoisotopic (exact) mass is 530 g/mol. The molecule has 0 heterocycles. The Hall–Kier alpha value is -1.35. The molecule has 1 N–H and O–H groups in total. The molecular weight excluding hydrogens is 468 g/mol. The summed E-state index contributed by atoms with van der Waals surface area (Å²) in [7, 11) is 0. The van der Waals surface area contributed by atoms with Crippen molar-refractivity contribution in [2.24, 2.45) is 5.41 Å². The number of aliphatic hydroxyl groups is 1. The highest BCUT2D eigenvalue weighted by Crippen LogP contribution is 2.44. The molecule has 38 heavy (non-hydrogen) atoms. The number of benzene rings is 1. The third kappa shape index (κ3) is 14.7. The Labute approximate surface area is 236 Å². The second kappa shape index (κ2) is 23.5. The number of rotatable bonds is 26. The zero-order chi connectivity index (χ0) is 27.7. The zero-order valence-electron chi connectivity index (χ0n) is 25.5. The molecule has 0 aliphatic carbocycles. The molecule has 1 aromatic rings. The van der Waals surface area contributed by atoms with Crippen LogP contribution >= 0.6 is 0 Å². The average Bonchev–Trinajstić information content (AvgIpc) is 2.95. The third-order valence-corrected chi connectivity index (χ3v) is 8.23. The lowest BCUT2D eigenvalue weighted by Gasteiger charge is -2.36. The summed E-state index contributed by atoms with van der Waals surface area (Å²) < 4.78 is 5.86. The Morgan fingerprint density at radius 1 is 0.632 bits per heavy atom. The molecule has 1 aromatic carbocycles. The molecule has 1 unspecified atom stereocenters. The van der Waals surface area contributed by atoms with Crippen molar-refractivity contribution in [1.29, 1.82) is 0 Å². The van der Waals surface area contributed by atoms with E-state index in [1.165, 1.54) is 89.9 Å². The van der Waals surface area contributed by atoms with Gasteiger partial charge in [0.2, 0.25) is 0 Å². The molecule has 0 aliphatic rings. The molecule has 3 nitrogen and oxygen atoms in total. The van der Waals surface area contributed by atoms with E-state index in [1.807, 2.05) is 30.3 Å². The van der Waals surface area contributed by atoms with Gasteiger partial charge in [-0.15, -0.1) is 0 Å². The van der Waals surface area contributed by atoms with Gasteiger partial charge in [0.15, 0.2) is 0 Å². The first-order valence-corrected chi connectivity index (χ1v) is 16.5. The van der Waals surface area contributed by atoms with Gasteiger partial charge in [-0.1, -0.05) is 173 Å². The fraction of sp³-hybridized carbons (Fsp3) is 0.800. The molecule has 0 aromatic heterocycles. The maximum atomic E-state index is 13.5. The predicted octanol–water partition coefficient (Wildman–Crippen LogP) is 10.9. The molecule has 0 spiro atoms. The largest absolute Gasteiger partial charge is 0.465 e. The Balaban J connectivity index is 2.27. The van der Waals surface area contributed by atoms with Crippen LogP contribution < -0.4 is 0 Å². The number of hydrogen-bond donors (Lipinski definition) is 1. The van der Waals surface area contributed by atoms with Gasteiger partial charge in [-0.25, -0.2) is 0 Å². The predicted molar refractivity (Wildman–Crippen MR) is 163 cm³/mol. The molecule has 0 fully saturated rings. The normalized spacial score (nSPS) is 12.5. The smallest absolute Gasteiger partial charge is 0.315 e. The number of ether oxygens (including phenoxy) is 1. The molecule has 0 amide bonds. The number of aliphatic hydroxyl groups excluding tert-OH is 1. The van der Waals surface area contributed by atoms with Gasteiger partial charge in [-0.05, 0) is 24.8 Å². The Morgan fingerprint density at radius 3 is 1.45 bits per heavy atom. The topological polar surface area (TPSA) is 46.5 Å². The van der Waals surface area contributed by atoms with Crippen molar-refractivity contribution in [2.75, 3.05) is 6.61 Å². The van der Waals surface area contributed by atoms with Crippen molar-refractivity contribution in [2.45, 2.75) is 168 Å². The fourth-order valence-electron chi connectivity index (χ4n) is 5.61. The molecule has 0 bridgehead atoms. The summed E-state index contributed by atoms with van der Waals surface area (Å²) in [6, 6.07) is 9.68. The first kappa shape index (κ1) is 34.7. The summed E-state index contributed by atoms with van der Waals surface area (Å²) in [5, 5.41) is 11.4. The lowest BCUT2D eigenvalue weighted by molar-refractivity contribution is -0.166. The van der Waals surface area contributed by atoms with Crippen LogP contribution in [0.15, 0.2) is 30.3 Å². The van der Waals surface area contributed by atoms with E-state index in [4.69, 9.17) is 4.74 Å². The zero-order valence-corrected chi connectivity index (χ0v) is 25.5. The van der Waals surface area contributed by atoms with Crippen molar-refractivity contribution in [1.82, 2.24) is 0 Å². The molecule has 1 atom stereocenters. The van der Waals surface area contributed by atoms with Crippen LogP contribution in [0.4, 0.5) is 0 Å². The number of carbonyl (C=O) groups excluding carboxylic acids is 1. The minimum absolute atomic E-state index is 0.197. The van der Waals surface area contributed by atoms with Gasteiger partial charge in [-0.3, -0.25) is 4.79 Å². The lowest BCUT2D eigenvalue weighted by atomic mass is 9.71. The summed E-state index contributed by atoms with van der Waals surface area (Å²) in [5.74, 6) is -0.197. The molecule has 1 rings (SSSR count). The highest BCUT2D eigenvalue weighted by atomic mass is 16.5. The molecule has 220 valence electrons. The van der Waals surface area contributed by atoms with Gasteiger partial charge < -0.3 is 9.84 Å². The van der Waals surface area contributed by atoms with E-state index >= 15 is 0 Å². The van der Waals surface area contributed by atoms with Crippen LogP contribution in [-0.2, 0) is 9.53 Å². The molecular formula is C35H62O3. The van der Waals surface area contributed by atoms with Gasteiger partial charge in [0.05, 0.1) is 18.1 Å². The lowest BCUT2D eigenvalue weighted by Crippen LogP contribution is -2.39. The number of carbonyl (C=O) groups is 1. The van der Waals surface area contributed by atoms with Crippen molar-refractivity contribution >= 4 is 5.97 Å². The first-order valence-electron chi connectivity index (χ1n) is 16.5. The maximum absolute atomic E-state index is 13.5. The van der Waals surface area contributed by atoms with Crippen LogP contribution in [0.25, 0.3) is 0 Å². The van der Waals surface area contributed by atoms with E-state index in [1.54, 1.807) is 0 Å². The van der Waals surface area contributed by atoms with Crippen molar-refractivity contribution in [3.05, 3.63) is 35.9 Å². The quantitative estimate of drug-likeness (QED) is 0.0956. The van der Waals surface area contributed by atoms with E-state index in [0.29, 0.717) is 19.4 Å². The summed E-state index contributed by atoms with van der Waals surface area (Å²) >= 11 is 0. The van der Waals surface area contributed by atoms with Crippen LogP contribution in [0.3, 0.4) is 0 Å². The van der Waals surface area contributed by atoms with Gasteiger partial charge in [0, 0.05) is 0 Å². The van der Waals surface area contributed by atoms with Crippen molar-refractivity contribution in [3.8, 4) is 0 Å². The summed E-state index contributed by atoms with van der Waals surface area (Å²) in [6.45, 7) is 7.03. The van der Waals surface area contributed by atoms with Crippen LogP contribution in [0.1, 0.15) is 174 Å². The van der Waals surface area contributed by atoms with E-state index in [-0.39, 0.29) is 5.97 Å². The molecule has 0 radical (unpaired) electrons. The van der Waals surface area contributed by atoms with Gasteiger partial charge in [0.25, 0.3) is 0 Å². The molecule has 0 aliphatic heterocycles. The number of hydrogen-bond acceptors (Lipinski definition) is 3.